The molecule has 0 amide bonds. The van der Waals surface area contributed by atoms with E-state index in [2.05, 4.69) is 15.5 Å². The minimum atomic E-state index is 0.447. The van der Waals surface area contributed by atoms with Crippen LogP contribution in [0.15, 0.2) is 46.2 Å². The highest BCUT2D eigenvalue weighted by atomic mass is 35.5. The summed E-state index contributed by atoms with van der Waals surface area (Å²) in [5.41, 5.74) is 0.847. The molecular formula is C13H10ClN3OS. The Labute approximate surface area is 119 Å². The zero-order chi connectivity index (χ0) is 13.1. The van der Waals surface area contributed by atoms with Crippen molar-refractivity contribution in [3.05, 3.63) is 52.7 Å². The van der Waals surface area contributed by atoms with Crippen molar-refractivity contribution in [3.8, 4) is 10.8 Å². The van der Waals surface area contributed by atoms with Gasteiger partial charge < -0.3 is 9.73 Å². The SMILES string of the molecule is Clc1ccccc1NCc1nnc(-c2cccs2)o1. The Kier molecular flexibility index (Phi) is 3.48. The molecule has 0 radical (unpaired) electrons. The van der Waals surface area contributed by atoms with Crippen molar-refractivity contribution in [1.82, 2.24) is 10.2 Å². The van der Waals surface area contributed by atoms with E-state index in [0.717, 1.165) is 10.6 Å². The van der Waals surface area contributed by atoms with Gasteiger partial charge in [-0.1, -0.05) is 29.8 Å². The highest BCUT2D eigenvalue weighted by Gasteiger charge is 2.09. The first-order valence-electron chi connectivity index (χ1n) is 5.67. The standard InChI is InChI=1S/C13H10ClN3OS/c14-9-4-1-2-5-10(9)15-8-12-16-17-13(18-12)11-6-3-7-19-11/h1-7,15H,8H2. The van der Waals surface area contributed by atoms with Gasteiger partial charge in [0, 0.05) is 0 Å². The summed E-state index contributed by atoms with van der Waals surface area (Å²) in [4.78, 5) is 0.969. The molecule has 1 aromatic carbocycles. The maximum atomic E-state index is 6.05. The number of nitrogens with zero attached hydrogens (tertiary/aromatic N) is 2. The van der Waals surface area contributed by atoms with Crippen LogP contribution in [0.5, 0.6) is 0 Å². The Balaban J connectivity index is 1.70. The molecule has 0 saturated heterocycles. The number of benzene rings is 1. The second kappa shape index (κ2) is 5.42. The molecule has 0 aliphatic carbocycles. The second-order valence-electron chi connectivity index (χ2n) is 3.81. The lowest BCUT2D eigenvalue weighted by Crippen LogP contribution is -1.99. The molecule has 0 atom stereocenters. The number of rotatable bonds is 4. The molecule has 4 nitrogen and oxygen atoms in total. The first-order chi connectivity index (χ1) is 9.33. The number of anilines is 1. The Hall–Kier alpha value is -1.85. The minimum Gasteiger partial charge on any atom is -0.418 e. The van der Waals surface area contributed by atoms with Gasteiger partial charge in [-0.25, -0.2) is 0 Å². The van der Waals surface area contributed by atoms with Crippen molar-refractivity contribution in [2.45, 2.75) is 6.54 Å². The zero-order valence-electron chi connectivity index (χ0n) is 9.84. The molecule has 6 heteroatoms. The molecule has 2 aromatic heterocycles. The van der Waals surface area contributed by atoms with Crippen molar-refractivity contribution in [2.75, 3.05) is 5.32 Å². The normalized spacial score (nSPS) is 10.6. The molecule has 2 heterocycles. The first kappa shape index (κ1) is 12.2. The summed E-state index contributed by atoms with van der Waals surface area (Å²) in [5.74, 6) is 1.08. The smallest absolute Gasteiger partial charge is 0.257 e. The monoisotopic (exact) mass is 291 g/mol. The second-order valence-corrected chi connectivity index (χ2v) is 5.17. The Bertz CT molecular complexity index is 666. The van der Waals surface area contributed by atoms with Crippen molar-refractivity contribution < 1.29 is 4.42 Å². The lowest BCUT2D eigenvalue weighted by molar-refractivity contribution is 0.516. The summed E-state index contributed by atoms with van der Waals surface area (Å²) >= 11 is 7.62. The molecule has 0 saturated carbocycles. The van der Waals surface area contributed by atoms with E-state index in [1.54, 1.807) is 11.3 Å². The maximum absolute atomic E-state index is 6.05. The number of hydrogen-bond donors (Lipinski definition) is 1. The average Bonchev–Trinajstić information content (AvgIpc) is 3.09. The van der Waals surface area contributed by atoms with Gasteiger partial charge in [-0.3, -0.25) is 0 Å². The van der Waals surface area contributed by atoms with Crippen LogP contribution in [-0.2, 0) is 6.54 Å². The van der Waals surface area contributed by atoms with Gasteiger partial charge in [-0.05, 0) is 23.6 Å². The summed E-state index contributed by atoms with van der Waals surface area (Å²) in [7, 11) is 0. The van der Waals surface area contributed by atoms with Crippen molar-refractivity contribution in [1.29, 1.82) is 0 Å². The predicted molar refractivity (Wildman–Crippen MR) is 76.4 cm³/mol. The highest BCUT2D eigenvalue weighted by Crippen LogP contribution is 2.24. The number of nitrogens with one attached hydrogen (secondary N) is 1. The van der Waals surface area contributed by atoms with E-state index in [1.165, 1.54) is 0 Å². The van der Waals surface area contributed by atoms with E-state index in [9.17, 15) is 0 Å². The van der Waals surface area contributed by atoms with Crippen LogP contribution < -0.4 is 5.32 Å². The molecule has 0 spiro atoms. The molecule has 3 rings (SSSR count). The summed E-state index contributed by atoms with van der Waals surface area (Å²) in [5, 5.41) is 13.8. The number of halogens is 1. The highest BCUT2D eigenvalue weighted by molar-refractivity contribution is 7.13. The quantitative estimate of drug-likeness (QED) is 0.787. The fraction of sp³-hybridized carbons (Fsp3) is 0.0769. The van der Waals surface area contributed by atoms with E-state index in [1.807, 2.05) is 41.8 Å². The molecular weight excluding hydrogens is 282 g/mol. The molecule has 3 aromatic rings. The third-order valence-corrected chi connectivity index (χ3v) is 3.69. The van der Waals surface area contributed by atoms with Crippen LogP contribution in [0.2, 0.25) is 5.02 Å². The summed E-state index contributed by atoms with van der Waals surface area (Å²) in [6.45, 7) is 0.447. The molecule has 0 bridgehead atoms. The molecule has 1 N–H and O–H groups in total. The zero-order valence-corrected chi connectivity index (χ0v) is 11.4. The van der Waals surface area contributed by atoms with Crippen molar-refractivity contribution >= 4 is 28.6 Å². The van der Waals surface area contributed by atoms with Crippen LogP contribution >= 0.6 is 22.9 Å². The lowest BCUT2D eigenvalue weighted by atomic mass is 10.3. The topological polar surface area (TPSA) is 51.0 Å². The van der Waals surface area contributed by atoms with Gasteiger partial charge in [0.25, 0.3) is 5.89 Å². The van der Waals surface area contributed by atoms with Gasteiger partial charge in [0.05, 0.1) is 22.1 Å². The summed E-state index contributed by atoms with van der Waals surface area (Å²) in [6, 6.07) is 11.4. The number of para-hydroxylation sites is 1. The van der Waals surface area contributed by atoms with Gasteiger partial charge in [-0.15, -0.1) is 21.5 Å². The largest absolute Gasteiger partial charge is 0.418 e. The third kappa shape index (κ3) is 2.77. The Morgan fingerprint density at radius 3 is 2.84 bits per heavy atom. The maximum Gasteiger partial charge on any atom is 0.257 e. The Morgan fingerprint density at radius 1 is 1.16 bits per heavy atom. The van der Waals surface area contributed by atoms with Gasteiger partial charge >= 0.3 is 0 Å². The predicted octanol–water partition coefficient (Wildman–Crippen LogP) is 4.06. The van der Waals surface area contributed by atoms with E-state index >= 15 is 0 Å². The van der Waals surface area contributed by atoms with Gasteiger partial charge in [0.15, 0.2) is 0 Å². The fourth-order valence-corrected chi connectivity index (χ4v) is 2.45. The molecule has 0 unspecified atom stereocenters. The third-order valence-electron chi connectivity index (χ3n) is 2.50. The van der Waals surface area contributed by atoms with Crippen LogP contribution in [0, 0.1) is 0 Å². The van der Waals surface area contributed by atoms with Gasteiger partial charge in [-0.2, -0.15) is 0 Å². The summed E-state index contributed by atoms with van der Waals surface area (Å²) in [6.07, 6.45) is 0. The summed E-state index contributed by atoms with van der Waals surface area (Å²) < 4.78 is 5.57. The van der Waals surface area contributed by atoms with Crippen LogP contribution in [0.4, 0.5) is 5.69 Å². The lowest BCUT2D eigenvalue weighted by Gasteiger charge is -2.04. The van der Waals surface area contributed by atoms with Crippen LogP contribution in [0.25, 0.3) is 10.8 Å². The fourth-order valence-electron chi connectivity index (χ4n) is 1.60. The van der Waals surface area contributed by atoms with Crippen molar-refractivity contribution in [2.24, 2.45) is 0 Å². The minimum absolute atomic E-state index is 0.447. The number of hydrogen-bond acceptors (Lipinski definition) is 5. The number of aromatic nitrogens is 2. The molecule has 19 heavy (non-hydrogen) atoms. The molecule has 0 fully saturated rings. The van der Waals surface area contributed by atoms with Crippen LogP contribution in [0.1, 0.15) is 5.89 Å². The average molecular weight is 292 g/mol. The van der Waals surface area contributed by atoms with E-state index in [4.69, 9.17) is 16.0 Å². The van der Waals surface area contributed by atoms with Crippen LogP contribution in [-0.4, -0.2) is 10.2 Å². The molecule has 96 valence electrons. The number of thiophene rings is 1. The van der Waals surface area contributed by atoms with E-state index in [0.29, 0.717) is 23.3 Å². The van der Waals surface area contributed by atoms with E-state index < -0.39 is 0 Å². The first-order valence-corrected chi connectivity index (χ1v) is 6.93. The molecule has 0 aliphatic heterocycles. The van der Waals surface area contributed by atoms with Gasteiger partial charge in [0.1, 0.15) is 0 Å². The van der Waals surface area contributed by atoms with Crippen LogP contribution in [0.3, 0.4) is 0 Å². The Morgan fingerprint density at radius 2 is 2.05 bits per heavy atom. The molecule has 0 aliphatic rings. The van der Waals surface area contributed by atoms with E-state index in [-0.39, 0.29) is 0 Å². The van der Waals surface area contributed by atoms with Gasteiger partial charge in [0.2, 0.25) is 5.89 Å². The van der Waals surface area contributed by atoms with Crippen molar-refractivity contribution in [3.63, 3.8) is 0 Å².